The van der Waals surface area contributed by atoms with Crippen LogP contribution < -0.4 is 0 Å². The van der Waals surface area contributed by atoms with Crippen LogP contribution >= 0.6 is 11.6 Å². The highest BCUT2D eigenvalue weighted by molar-refractivity contribution is 6.30. The number of benzene rings is 2. The first-order chi connectivity index (χ1) is 15.4. The Balaban J connectivity index is 2.22. The van der Waals surface area contributed by atoms with Crippen LogP contribution in [0.4, 0.5) is 4.39 Å². The van der Waals surface area contributed by atoms with E-state index in [2.05, 4.69) is 0 Å². The highest BCUT2D eigenvalue weighted by atomic mass is 35.5. The SMILES string of the molecule is CCOC[C@@](C)(C=O)C[C@H](CC(=O)OC(C)(C)C)Cc1ccc(-c2cc(Cl)ccc2F)cc1. The molecule has 2 aromatic carbocycles. The van der Waals surface area contributed by atoms with Crippen molar-refractivity contribution in [2.45, 2.75) is 59.5 Å². The Morgan fingerprint density at radius 1 is 1.12 bits per heavy atom. The Kier molecular flexibility index (Phi) is 9.62. The smallest absolute Gasteiger partial charge is 0.306 e. The number of esters is 1. The lowest BCUT2D eigenvalue weighted by atomic mass is 9.79. The van der Waals surface area contributed by atoms with Crippen LogP contribution in [0.5, 0.6) is 0 Å². The Morgan fingerprint density at radius 3 is 2.36 bits per heavy atom. The summed E-state index contributed by atoms with van der Waals surface area (Å²) in [6, 6.07) is 12.0. The van der Waals surface area contributed by atoms with E-state index in [1.165, 1.54) is 12.1 Å². The third-order valence-corrected chi connectivity index (χ3v) is 5.50. The zero-order valence-electron chi connectivity index (χ0n) is 20.1. The highest BCUT2D eigenvalue weighted by Gasteiger charge is 2.31. The van der Waals surface area contributed by atoms with E-state index in [-0.39, 0.29) is 24.1 Å². The van der Waals surface area contributed by atoms with Crippen molar-refractivity contribution in [1.82, 2.24) is 0 Å². The van der Waals surface area contributed by atoms with Gasteiger partial charge in [0.1, 0.15) is 17.7 Å². The number of carbonyl (C=O) groups is 2. The molecule has 0 heterocycles. The van der Waals surface area contributed by atoms with E-state index < -0.39 is 11.0 Å². The average Bonchev–Trinajstić information content (AvgIpc) is 2.73. The van der Waals surface area contributed by atoms with E-state index in [1.807, 2.05) is 58.9 Å². The second kappa shape index (κ2) is 11.8. The Bertz CT molecular complexity index is 936. The van der Waals surface area contributed by atoms with Gasteiger partial charge in [-0.3, -0.25) is 4.79 Å². The summed E-state index contributed by atoms with van der Waals surface area (Å²) in [5.74, 6) is -0.758. The number of hydrogen-bond acceptors (Lipinski definition) is 4. The molecule has 0 aliphatic rings. The van der Waals surface area contributed by atoms with Crippen molar-refractivity contribution >= 4 is 23.9 Å². The molecular formula is C27H34ClFO4. The van der Waals surface area contributed by atoms with Gasteiger partial charge in [-0.15, -0.1) is 0 Å². The largest absolute Gasteiger partial charge is 0.460 e. The van der Waals surface area contributed by atoms with E-state index in [0.29, 0.717) is 36.6 Å². The van der Waals surface area contributed by atoms with Gasteiger partial charge in [-0.05, 0) is 75.8 Å². The van der Waals surface area contributed by atoms with Crippen molar-refractivity contribution in [3.63, 3.8) is 0 Å². The van der Waals surface area contributed by atoms with Crippen molar-refractivity contribution in [2.24, 2.45) is 11.3 Å². The minimum absolute atomic E-state index is 0.121. The predicted molar refractivity (Wildman–Crippen MR) is 130 cm³/mol. The molecule has 4 nitrogen and oxygen atoms in total. The van der Waals surface area contributed by atoms with Crippen LogP contribution in [0.15, 0.2) is 42.5 Å². The predicted octanol–water partition coefficient (Wildman–Crippen LogP) is 6.67. The fraction of sp³-hybridized carbons (Fsp3) is 0.481. The van der Waals surface area contributed by atoms with Gasteiger partial charge in [-0.25, -0.2) is 4.39 Å². The molecule has 0 radical (unpaired) electrons. The van der Waals surface area contributed by atoms with Gasteiger partial charge in [-0.1, -0.05) is 42.8 Å². The monoisotopic (exact) mass is 476 g/mol. The summed E-state index contributed by atoms with van der Waals surface area (Å²) in [5.41, 5.74) is 0.858. The molecule has 33 heavy (non-hydrogen) atoms. The van der Waals surface area contributed by atoms with Gasteiger partial charge in [0.25, 0.3) is 0 Å². The molecule has 0 fully saturated rings. The van der Waals surface area contributed by atoms with Gasteiger partial charge in [-0.2, -0.15) is 0 Å². The second-order valence-electron chi connectivity index (χ2n) is 9.79. The van der Waals surface area contributed by atoms with E-state index in [1.54, 1.807) is 6.07 Å². The Morgan fingerprint density at radius 2 is 1.79 bits per heavy atom. The van der Waals surface area contributed by atoms with Gasteiger partial charge in [0.05, 0.1) is 6.61 Å². The lowest BCUT2D eigenvalue weighted by Crippen LogP contribution is -2.31. The molecule has 2 rings (SSSR count). The lowest BCUT2D eigenvalue weighted by molar-refractivity contribution is -0.156. The summed E-state index contributed by atoms with van der Waals surface area (Å²) < 4.78 is 25.3. The summed E-state index contributed by atoms with van der Waals surface area (Å²) >= 11 is 6.02. The number of rotatable bonds is 11. The maximum Gasteiger partial charge on any atom is 0.306 e. The zero-order chi connectivity index (χ0) is 24.6. The normalized spacial score (nSPS) is 14.4. The van der Waals surface area contributed by atoms with Gasteiger partial charge in [0.15, 0.2) is 0 Å². The summed E-state index contributed by atoms with van der Waals surface area (Å²) in [6.45, 7) is 10.0. The molecule has 0 saturated heterocycles. The first kappa shape index (κ1) is 27.0. The first-order valence-electron chi connectivity index (χ1n) is 11.2. The quantitative estimate of drug-likeness (QED) is 0.268. The van der Waals surface area contributed by atoms with Gasteiger partial charge < -0.3 is 14.3 Å². The molecule has 0 saturated carbocycles. The number of aldehydes is 1. The standard InChI is InChI=1S/C27H34ClFO4/c1-6-32-18-27(5,17-30)16-20(14-25(31)33-26(2,3)4)13-19-7-9-21(10-8-19)23-15-22(28)11-12-24(23)29/h7-12,15,17,20H,6,13-14,16,18H2,1-5H3/t20-,27+/m0/s1. The molecule has 0 N–H and O–H groups in total. The fourth-order valence-electron chi connectivity index (χ4n) is 3.84. The van der Waals surface area contributed by atoms with Crippen molar-refractivity contribution in [3.05, 3.63) is 58.9 Å². The molecule has 6 heteroatoms. The minimum atomic E-state index is -0.702. The van der Waals surface area contributed by atoms with E-state index in [9.17, 15) is 14.0 Å². The summed E-state index contributed by atoms with van der Waals surface area (Å²) in [7, 11) is 0. The van der Waals surface area contributed by atoms with E-state index in [0.717, 1.165) is 17.4 Å². The first-order valence-corrected chi connectivity index (χ1v) is 11.6. The Labute approximate surface area is 201 Å². The molecule has 180 valence electrons. The minimum Gasteiger partial charge on any atom is -0.460 e. The summed E-state index contributed by atoms with van der Waals surface area (Å²) in [6.07, 6.45) is 2.17. The van der Waals surface area contributed by atoms with Crippen molar-refractivity contribution < 1.29 is 23.5 Å². The molecule has 0 spiro atoms. The van der Waals surface area contributed by atoms with Crippen molar-refractivity contribution in [2.75, 3.05) is 13.2 Å². The van der Waals surface area contributed by atoms with Crippen molar-refractivity contribution in [3.8, 4) is 11.1 Å². The average molecular weight is 477 g/mol. The van der Waals surface area contributed by atoms with Crippen LogP contribution in [0.1, 0.15) is 53.0 Å². The zero-order valence-corrected chi connectivity index (χ0v) is 20.9. The van der Waals surface area contributed by atoms with E-state index in [4.69, 9.17) is 21.1 Å². The molecule has 0 bridgehead atoms. The summed E-state index contributed by atoms with van der Waals surface area (Å²) in [5, 5.41) is 0.468. The number of hydrogen-bond donors (Lipinski definition) is 0. The van der Waals surface area contributed by atoms with Gasteiger partial charge in [0.2, 0.25) is 0 Å². The van der Waals surface area contributed by atoms with Crippen LogP contribution in [0, 0.1) is 17.2 Å². The molecule has 0 aliphatic carbocycles. The molecule has 0 aliphatic heterocycles. The maximum absolute atomic E-state index is 14.2. The lowest BCUT2D eigenvalue weighted by Gasteiger charge is -2.29. The molecule has 2 aromatic rings. The molecule has 0 unspecified atom stereocenters. The number of halogens is 2. The second-order valence-corrected chi connectivity index (χ2v) is 10.2. The van der Waals surface area contributed by atoms with Crippen LogP contribution in [-0.4, -0.2) is 31.1 Å². The van der Waals surface area contributed by atoms with Crippen LogP contribution in [0.25, 0.3) is 11.1 Å². The van der Waals surface area contributed by atoms with Crippen LogP contribution in [0.3, 0.4) is 0 Å². The van der Waals surface area contributed by atoms with Crippen LogP contribution in [0.2, 0.25) is 5.02 Å². The van der Waals surface area contributed by atoms with Gasteiger partial charge in [0, 0.05) is 29.0 Å². The maximum atomic E-state index is 14.2. The molecule has 0 aromatic heterocycles. The van der Waals surface area contributed by atoms with E-state index >= 15 is 0 Å². The number of carbonyl (C=O) groups excluding carboxylic acids is 2. The van der Waals surface area contributed by atoms with Crippen molar-refractivity contribution in [1.29, 1.82) is 0 Å². The molecule has 0 amide bonds. The van der Waals surface area contributed by atoms with Crippen LogP contribution in [-0.2, 0) is 25.5 Å². The molecular weight excluding hydrogens is 443 g/mol. The fourth-order valence-corrected chi connectivity index (χ4v) is 4.02. The third-order valence-electron chi connectivity index (χ3n) is 5.27. The Hall–Kier alpha value is -2.24. The highest BCUT2D eigenvalue weighted by Crippen LogP contribution is 2.31. The third kappa shape index (κ3) is 8.90. The van der Waals surface area contributed by atoms with Gasteiger partial charge >= 0.3 is 5.97 Å². The number of ether oxygens (including phenoxy) is 2. The topological polar surface area (TPSA) is 52.6 Å². The molecule has 2 atom stereocenters. The summed E-state index contributed by atoms with van der Waals surface area (Å²) in [4.78, 5) is 24.4.